The number of nitrogens with one attached hydrogen (secondary N) is 1. The van der Waals surface area contributed by atoms with Crippen LogP contribution in [0.1, 0.15) is 51.3 Å². The molecule has 1 heterocycles. The van der Waals surface area contributed by atoms with Gasteiger partial charge in [-0.3, -0.25) is 4.90 Å². The van der Waals surface area contributed by atoms with Gasteiger partial charge in [0.1, 0.15) is 0 Å². The Balaban J connectivity index is 0.00000364. The fraction of sp³-hybridized carbons (Fsp3) is 0.700. The lowest BCUT2D eigenvalue weighted by molar-refractivity contribution is -0.0486. The number of nitrogens with zero attached hydrogens (tertiary/aromatic N) is 1. The summed E-state index contributed by atoms with van der Waals surface area (Å²) in [5.74, 6) is 1.29. The minimum absolute atomic E-state index is 0. The lowest BCUT2D eigenvalue weighted by Crippen LogP contribution is -2.46. The van der Waals surface area contributed by atoms with Crippen LogP contribution in [0.5, 0.6) is 0 Å². The van der Waals surface area contributed by atoms with Crippen LogP contribution in [0.3, 0.4) is 0 Å². The molecule has 1 unspecified atom stereocenters. The maximum Gasteiger partial charge on any atom is 0.209 e. The van der Waals surface area contributed by atoms with Gasteiger partial charge in [0.15, 0.2) is 0 Å². The number of piperidine rings is 1. The Morgan fingerprint density at radius 3 is 2.37 bits per heavy atom. The van der Waals surface area contributed by atoms with Crippen molar-refractivity contribution >= 4 is 22.4 Å². The van der Waals surface area contributed by atoms with E-state index in [2.05, 4.69) is 42.5 Å². The molecule has 1 saturated heterocycles. The van der Waals surface area contributed by atoms with E-state index in [4.69, 9.17) is 4.74 Å². The third-order valence-corrected chi connectivity index (χ3v) is 5.99. The van der Waals surface area contributed by atoms with Crippen molar-refractivity contribution in [3.8, 4) is 0 Å². The predicted molar refractivity (Wildman–Crippen MR) is 114 cm³/mol. The zero-order chi connectivity index (χ0) is 19.3. The van der Waals surface area contributed by atoms with Crippen LogP contribution in [0.25, 0.3) is 0 Å². The molecule has 27 heavy (non-hydrogen) atoms. The average molecular weight is 419 g/mol. The Morgan fingerprint density at radius 2 is 1.85 bits per heavy atom. The van der Waals surface area contributed by atoms with Gasteiger partial charge in [0.2, 0.25) is 10.0 Å². The molecule has 3 atom stereocenters. The van der Waals surface area contributed by atoms with Gasteiger partial charge in [-0.25, -0.2) is 13.1 Å². The molecule has 1 fully saturated rings. The second-order valence-electron chi connectivity index (χ2n) is 7.78. The summed E-state index contributed by atoms with van der Waals surface area (Å²) < 4.78 is 31.4. The molecular formula is C20H35ClN2O3S. The number of hydrogen-bond acceptors (Lipinski definition) is 4. The van der Waals surface area contributed by atoms with Gasteiger partial charge in [0.25, 0.3) is 0 Å². The molecule has 1 aromatic carbocycles. The van der Waals surface area contributed by atoms with Gasteiger partial charge < -0.3 is 4.74 Å². The van der Waals surface area contributed by atoms with Crippen LogP contribution in [0.2, 0.25) is 0 Å². The van der Waals surface area contributed by atoms with Gasteiger partial charge in [0.05, 0.1) is 12.4 Å². The molecule has 5 nitrogen and oxygen atoms in total. The highest BCUT2D eigenvalue weighted by atomic mass is 35.5. The number of likely N-dealkylation sites (tertiary alicyclic amines) is 1. The van der Waals surface area contributed by atoms with Crippen LogP contribution in [-0.4, -0.2) is 45.4 Å². The van der Waals surface area contributed by atoms with Crippen molar-refractivity contribution in [1.82, 2.24) is 9.62 Å². The van der Waals surface area contributed by atoms with Gasteiger partial charge in [-0.15, -0.1) is 12.4 Å². The molecule has 156 valence electrons. The quantitative estimate of drug-likeness (QED) is 0.700. The van der Waals surface area contributed by atoms with Gasteiger partial charge in [-0.1, -0.05) is 38.1 Å². The topological polar surface area (TPSA) is 58.6 Å². The third-order valence-electron chi connectivity index (χ3n) is 5.21. The molecule has 0 aliphatic carbocycles. The summed E-state index contributed by atoms with van der Waals surface area (Å²) in [6.45, 7) is 12.3. The van der Waals surface area contributed by atoms with Crippen LogP contribution >= 0.6 is 12.4 Å². The zero-order valence-electron chi connectivity index (χ0n) is 17.1. The van der Waals surface area contributed by atoms with E-state index in [0.29, 0.717) is 17.9 Å². The predicted octanol–water partition coefficient (Wildman–Crippen LogP) is 3.60. The lowest BCUT2D eigenvalue weighted by atomic mass is 9.84. The highest BCUT2D eigenvalue weighted by Gasteiger charge is 2.31. The first kappa shape index (κ1) is 24.4. The van der Waals surface area contributed by atoms with Crippen LogP contribution < -0.4 is 4.72 Å². The Morgan fingerprint density at radius 1 is 1.22 bits per heavy atom. The smallest absolute Gasteiger partial charge is 0.209 e. The Bertz CT molecular complexity index is 664. The molecule has 1 aliphatic rings. The first-order valence-electron chi connectivity index (χ1n) is 9.59. The summed E-state index contributed by atoms with van der Waals surface area (Å²) in [6, 6.07) is 8.00. The summed E-state index contributed by atoms with van der Waals surface area (Å²) in [6.07, 6.45) is 2.68. The fourth-order valence-electron chi connectivity index (χ4n) is 3.85. The molecule has 0 radical (unpaired) electrons. The number of sulfonamides is 1. The summed E-state index contributed by atoms with van der Waals surface area (Å²) >= 11 is 0. The molecule has 0 bridgehead atoms. The molecule has 2 rings (SSSR count). The van der Waals surface area contributed by atoms with E-state index in [1.165, 1.54) is 18.2 Å². The molecule has 7 heteroatoms. The highest BCUT2D eigenvalue weighted by Crippen LogP contribution is 2.28. The SMILES string of the molecule is CCO[C@H]1CN(Cc2ccc([C@@H](C)NS(C)(=O)=O)cc2)CCC1C(C)C.Cl. The maximum atomic E-state index is 11.4. The standard InChI is InChI=1S/C20H34N2O3S.ClH/c1-6-25-20-14-22(12-11-19(20)15(2)3)13-17-7-9-18(10-8-17)16(4)21-26(5,23)24;/h7-10,15-16,19-21H,6,11-14H2,1-5H3;1H/t16-,19?,20+;/m1./s1. The van der Waals surface area contributed by atoms with Gasteiger partial charge in [-0.05, 0) is 49.8 Å². The first-order chi connectivity index (χ1) is 12.2. The molecule has 0 amide bonds. The molecule has 1 aliphatic heterocycles. The van der Waals surface area contributed by atoms with E-state index in [-0.39, 0.29) is 18.4 Å². The molecule has 0 spiro atoms. The van der Waals surface area contributed by atoms with Gasteiger partial charge in [-0.2, -0.15) is 0 Å². The number of benzene rings is 1. The summed E-state index contributed by atoms with van der Waals surface area (Å²) in [7, 11) is -3.20. The molecule has 1 N–H and O–H groups in total. The minimum Gasteiger partial charge on any atom is -0.377 e. The van der Waals surface area contributed by atoms with Crippen molar-refractivity contribution in [3.63, 3.8) is 0 Å². The normalized spacial score (nSPS) is 22.4. The first-order valence-corrected chi connectivity index (χ1v) is 11.5. The van der Waals surface area contributed by atoms with E-state index in [9.17, 15) is 8.42 Å². The van der Waals surface area contributed by atoms with Gasteiger partial charge >= 0.3 is 0 Å². The Hall–Kier alpha value is -0.660. The number of hydrogen-bond donors (Lipinski definition) is 1. The van der Waals surface area contributed by atoms with Crippen LogP contribution in [0, 0.1) is 11.8 Å². The van der Waals surface area contributed by atoms with E-state index < -0.39 is 10.0 Å². The van der Waals surface area contributed by atoms with Gasteiger partial charge in [0, 0.05) is 25.7 Å². The van der Waals surface area contributed by atoms with Crippen LogP contribution in [0.15, 0.2) is 24.3 Å². The van der Waals surface area contributed by atoms with Crippen molar-refractivity contribution in [1.29, 1.82) is 0 Å². The van der Waals surface area contributed by atoms with Crippen molar-refractivity contribution in [2.24, 2.45) is 11.8 Å². The van der Waals surface area contributed by atoms with E-state index >= 15 is 0 Å². The van der Waals surface area contributed by atoms with Crippen LogP contribution in [-0.2, 0) is 21.3 Å². The Labute approximate surface area is 171 Å². The lowest BCUT2D eigenvalue weighted by Gasteiger charge is -2.40. The average Bonchev–Trinajstić information content (AvgIpc) is 2.54. The molecule has 0 aromatic heterocycles. The van der Waals surface area contributed by atoms with E-state index in [1.807, 2.05) is 19.1 Å². The maximum absolute atomic E-state index is 11.4. The largest absolute Gasteiger partial charge is 0.377 e. The highest BCUT2D eigenvalue weighted by molar-refractivity contribution is 7.88. The molecule has 0 saturated carbocycles. The molecule has 1 aromatic rings. The fourth-order valence-corrected chi connectivity index (χ4v) is 4.63. The summed E-state index contributed by atoms with van der Waals surface area (Å²) in [5.41, 5.74) is 2.23. The van der Waals surface area contributed by atoms with Crippen molar-refractivity contribution < 1.29 is 13.2 Å². The van der Waals surface area contributed by atoms with Crippen LogP contribution in [0.4, 0.5) is 0 Å². The number of halogens is 1. The monoisotopic (exact) mass is 418 g/mol. The van der Waals surface area contributed by atoms with E-state index in [0.717, 1.165) is 31.8 Å². The summed E-state index contributed by atoms with van der Waals surface area (Å²) in [5, 5.41) is 0. The van der Waals surface area contributed by atoms with E-state index in [1.54, 1.807) is 0 Å². The second kappa shape index (κ2) is 10.8. The Kier molecular flexibility index (Phi) is 9.72. The van der Waals surface area contributed by atoms with Crippen molar-refractivity contribution in [2.75, 3.05) is 26.0 Å². The molecular weight excluding hydrogens is 384 g/mol. The zero-order valence-corrected chi connectivity index (χ0v) is 18.8. The summed E-state index contributed by atoms with van der Waals surface area (Å²) in [4.78, 5) is 2.46. The van der Waals surface area contributed by atoms with Crippen molar-refractivity contribution in [3.05, 3.63) is 35.4 Å². The number of ether oxygens (including phenoxy) is 1. The third kappa shape index (κ3) is 7.70. The second-order valence-corrected chi connectivity index (χ2v) is 9.56. The minimum atomic E-state index is -3.20. The van der Waals surface area contributed by atoms with Crippen molar-refractivity contribution in [2.45, 2.75) is 52.8 Å². The number of rotatable bonds is 8.